The van der Waals surface area contributed by atoms with Crippen molar-refractivity contribution in [2.75, 3.05) is 33.9 Å². The second-order valence-electron chi connectivity index (χ2n) is 3.75. The summed E-state index contributed by atoms with van der Waals surface area (Å²) in [5, 5.41) is 9.96. The molecule has 18 heavy (non-hydrogen) atoms. The van der Waals surface area contributed by atoms with Crippen molar-refractivity contribution in [1.29, 1.82) is 0 Å². The van der Waals surface area contributed by atoms with Crippen LogP contribution in [0.1, 0.15) is 5.69 Å². The summed E-state index contributed by atoms with van der Waals surface area (Å²) in [6, 6.07) is 1.83. The third-order valence-corrected chi connectivity index (χ3v) is 2.32. The van der Waals surface area contributed by atoms with Gasteiger partial charge in [-0.15, -0.1) is 0 Å². The van der Waals surface area contributed by atoms with Crippen molar-refractivity contribution in [3.05, 3.63) is 11.8 Å². The van der Waals surface area contributed by atoms with Gasteiger partial charge in [0.05, 0.1) is 26.0 Å². The molecule has 0 bridgehead atoms. The Balaban J connectivity index is 2.22. The number of aromatic nitrogens is 2. The largest absolute Gasteiger partial charge is 0.481 e. The highest BCUT2D eigenvalue weighted by molar-refractivity contribution is 5.77. The van der Waals surface area contributed by atoms with Gasteiger partial charge in [-0.1, -0.05) is 0 Å². The molecule has 1 rings (SSSR count). The number of rotatable bonds is 8. The van der Waals surface area contributed by atoms with Crippen LogP contribution in [-0.4, -0.2) is 49.6 Å². The van der Waals surface area contributed by atoms with Crippen molar-refractivity contribution >= 4 is 5.91 Å². The van der Waals surface area contributed by atoms with E-state index in [4.69, 9.17) is 9.47 Å². The number of aryl methyl sites for hydroxylation is 1. The second kappa shape index (κ2) is 7.67. The fraction of sp³-hybridized carbons (Fsp3) is 0.636. The summed E-state index contributed by atoms with van der Waals surface area (Å²) in [4.78, 5) is 11.4. The summed E-state index contributed by atoms with van der Waals surface area (Å²) < 4.78 is 11.6. The molecule has 0 unspecified atom stereocenters. The first-order chi connectivity index (χ1) is 8.67. The molecule has 102 valence electrons. The zero-order chi connectivity index (χ0) is 13.4. The molecule has 0 fully saturated rings. The molecule has 0 spiro atoms. The van der Waals surface area contributed by atoms with E-state index in [2.05, 4.69) is 15.7 Å². The summed E-state index contributed by atoms with van der Waals surface area (Å²) in [6.45, 7) is 1.81. The van der Waals surface area contributed by atoms with Crippen LogP contribution in [0.4, 0.5) is 0 Å². The van der Waals surface area contributed by atoms with Gasteiger partial charge in [0.2, 0.25) is 11.8 Å². The van der Waals surface area contributed by atoms with Gasteiger partial charge in [0.25, 0.3) is 0 Å². The van der Waals surface area contributed by atoms with Crippen LogP contribution < -0.4 is 15.4 Å². The van der Waals surface area contributed by atoms with E-state index in [1.54, 1.807) is 25.9 Å². The van der Waals surface area contributed by atoms with Gasteiger partial charge in [0.1, 0.15) is 0 Å². The normalized spacial score (nSPS) is 10.4. The first kappa shape index (κ1) is 14.5. The Labute approximate surface area is 106 Å². The molecular weight excluding hydrogens is 236 g/mol. The Morgan fingerprint density at radius 1 is 1.50 bits per heavy atom. The quantitative estimate of drug-likeness (QED) is 0.600. The zero-order valence-corrected chi connectivity index (χ0v) is 11.0. The number of hydrogen-bond acceptors (Lipinski definition) is 5. The molecule has 0 saturated carbocycles. The molecule has 0 radical (unpaired) electrons. The van der Waals surface area contributed by atoms with Crippen LogP contribution in [-0.2, 0) is 23.1 Å². The molecule has 1 aromatic rings. The monoisotopic (exact) mass is 256 g/mol. The average Bonchev–Trinajstić information content (AvgIpc) is 2.70. The lowest BCUT2D eigenvalue weighted by Crippen LogP contribution is -2.35. The van der Waals surface area contributed by atoms with Gasteiger partial charge in [0, 0.05) is 33.3 Å². The highest BCUT2D eigenvalue weighted by Crippen LogP contribution is 2.10. The van der Waals surface area contributed by atoms with E-state index in [0.29, 0.717) is 25.6 Å². The van der Waals surface area contributed by atoms with Gasteiger partial charge in [0.15, 0.2) is 0 Å². The summed E-state index contributed by atoms with van der Waals surface area (Å²) in [5.41, 5.74) is 0.832. The molecule has 0 aliphatic rings. The molecule has 0 aliphatic heterocycles. The van der Waals surface area contributed by atoms with E-state index in [9.17, 15) is 4.79 Å². The molecular formula is C11H20N4O3. The number of carbonyl (C=O) groups is 1. The van der Waals surface area contributed by atoms with Gasteiger partial charge < -0.3 is 20.1 Å². The Kier molecular flexibility index (Phi) is 6.16. The van der Waals surface area contributed by atoms with Crippen molar-refractivity contribution in [2.45, 2.75) is 6.54 Å². The van der Waals surface area contributed by atoms with Crippen LogP contribution >= 0.6 is 0 Å². The fourth-order valence-corrected chi connectivity index (χ4v) is 1.44. The van der Waals surface area contributed by atoms with E-state index < -0.39 is 0 Å². The maximum Gasteiger partial charge on any atom is 0.234 e. The van der Waals surface area contributed by atoms with Gasteiger partial charge in [-0.2, -0.15) is 5.10 Å². The molecule has 1 heterocycles. The van der Waals surface area contributed by atoms with Crippen LogP contribution in [0.15, 0.2) is 6.07 Å². The standard InChI is InChI=1S/C11H20N4O3/c1-15-11(18-3)6-9(14-15)7-12-8-10(16)13-4-5-17-2/h6,12H,4-5,7-8H2,1-3H3,(H,13,16). The summed E-state index contributed by atoms with van der Waals surface area (Å²) in [7, 11) is 5.00. The lowest BCUT2D eigenvalue weighted by Gasteiger charge is -2.04. The summed E-state index contributed by atoms with van der Waals surface area (Å²) in [6.07, 6.45) is 0. The molecule has 0 aromatic carbocycles. The minimum absolute atomic E-state index is 0.0602. The maximum atomic E-state index is 11.4. The predicted octanol–water partition coefficient (Wildman–Crippen LogP) is -0.719. The zero-order valence-electron chi connectivity index (χ0n) is 11.0. The van der Waals surface area contributed by atoms with Crippen LogP contribution in [0.25, 0.3) is 0 Å². The number of nitrogens with one attached hydrogen (secondary N) is 2. The van der Waals surface area contributed by atoms with E-state index in [1.807, 2.05) is 6.07 Å². The molecule has 1 amide bonds. The maximum absolute atomic E-state index is 11.4. The number of methoxy groups -OCH3 is 2. The van der Waals surface area contributed by atoms with E-state index in [0.717, 1.165) is 5.69 Å². The van der Waals surface area contributed by atoms with Crippen LogP contribution in [0.5, 0.6) is 5.88 Å². The molecule has 0 atom stereocenters. The Hall–Kier alpha value is -1.60. The average molecular weight is 256 g/mol. The Bertz CT molecular complexity index is 378. The van der Waals surface area contributed by atoms with Gasteiger partial charge >= 0.3 is 0 Å². The van der Waals surface area contributed by atoms with E-state index in [1.165, 1.54) is 0 Å². The van der Waals surface area contributed by atoms with E-state index in [-0.39, 0.29) is 12.5 Å². The third-order valence-electron chi connectivity index (χ3n) is 2.32. The third kappa shape index (κ3) is 4.72. The highest BCUT2D eigenvalue weighted by atomic mass is 16.5. The Morgan fingerprint density at radius 3 is 2.89 bits per heavy atom. The molecule has 2 N–H and O–H groups in total. The molecule has 1 aromatic heterocycles. The molecule has 7 heteroatoms. The minimum Gasteiger partial charge on any atom is -0.481 e. The van der Waals surface area contributed by atoms with Gasteiger partial charge in [-0.3, -0.25) is 4.79 Å². The van der Waals surface area contributed by atoms with Crippen LogP contribution in [0, 0.1) is 0 Å². The number of nitrogens with zero attached hydrogens (tertiary/aromatic N) is 2. The number of hydrogen-bond donors (Lipinski definition) is 2. The van der Waals surface area contributed by atoms with Crippen LogP contribution in [0.2, 0.25) is 0 Å². The summed E-state index contributed by atoms with van der Waals surface area (Å²) >= 11 is 0. The Morgan fingerprint density at radius 2 is 2.28 bits per heavy atom. The lowest BCUT2D eigenvalue weighted by atomic mass is 10.4. The fourth-order valence-electron chi connectivity index (χ4n) is 1.44. The predicted molar refractivity (Wildman–Crippen MR) is 66.4 cm³/mol. The van der Waals surface area contributed by atoms with Crippen LogP contribution in [0.3, 0.4) is 0 Å². The lowest BCUT2D eigenvalue weighted by molar-refractivity contribution is -0.120. The van der Waals surface area contributed by atoms with Crippen molar-refractivity contribution in [3.63, 3.8) is 0 Å². The van der Waals surface area contributed by atoms with Crippen molar-refractivity contribution in [3.8, 4) is 5.88 Å². The summed E-state index contributed by atoms with van der Waals surface area (Å²) in [5.74, 6) is 0.631. The van der Waals surface area contributed by atoms with Crippen molar-refractivity contribution in [1.82, 2.24) is 20.4 Å². The molecule has 7 nitrogen and oxygen atoms in total. The first-order valence-electron chi connectivity index (χ1n) is 5.70. The minimum atomic E-state index is -0.0602. The SMILES string of the molecule is COCCNC(=O)CNCc1cc(OC)n(C)n1. The number of carbonyl (C=O) groups excluding carboxylic acids is 1. The smallest absolute Gasteiger partial charge is 0.234 e. The first-order valence-corrected chi connectivity index (χ1v) is 5.70. The van der Waals surface area contributed by atoms with Crippen molar-refractivity contribution < 1.29 is 14.3 Å². The van der Waals surface area contributed by atoms with Gasteiger partial charge in [-0.05, 0) is 0 Å². The molecule has 0 aliphatic carbocycles. The van der Waals surface area contributed by atoms with Gasteiger partial charge in [-0.25, -0.2) is 4.68 Å². The second-order valence-corrected chi connectivity index (χ2v) is 3.75. The number of ether oxygens (including phenoxy) is 2. The number of amides is 1. The van der Waals surface area contributed by atoms with E-state index >= 15 is 0 Å². The topological polar surface area (TPSA) is 77.4 Å². The molecule has 0 saturated heterocycles. The highest BCUT2D eigenvalue weighted by Gasteiger charge is 2.05. The van der Waals surface area contributed by atoms with Crippen molar-refractivity contribution in [2.24, 2.45) is 7.05 Å².